The second-order valence-electron chi connectivity index (χ2n) is 6.88. The Bertz CT molecular complexity index is 786. The minimum absolute atomic E-state index is 0. The SMILES string of the molecule is C[N-]c1ncnc2[nH]ccc12.[K+].c1ccc(CNNCC2CCCCC2)cc1. The van der Waals surface area contributed by atoms with Crippen molar-refractivity contribution >= 4 is 16.9 Å². The summed E-state index contributed by atoms with van der Waals surface area (Å²) >= 11 is 0. The maximum Gasteiger partial charge on any atom is 1.00 e. The molecule has 28 heavy (non-hydrogen) atoms. The van der Waals surface area contributed by atoms with Crippen molar-refractivity contribution in [3.05, 3.63) is 59.8 Å². The van der Waals surface area contributed by atoms with Gasteiger partial charge < -0.3 is 15.3 Å². The molecule has 0 unspecified atom stereocenters. The third-order valence-corrected chi connectivity index (χ3v) is 4.92. The van der Waals surface area contributed by atoms with Crippen molar-refractivity contribution in [3.8, 4) is 0 Å². The van der Waals surface area contributed by atoms with E-state index < -0.39 is 0 Å². The topological polar surface area (TPSA) is 79.7 Å². The Morgan fingerprint density at radius 2 is 1.82 bits per heavy atom. The van der Waals surface area contributed by atoms with Crippen molar-refractivity contribution in [1.29, 1.82) is 0 Å². The van der Waals surface area contributed by atoms with Gasteiger partial charge >= 0.3 is 51.4 Å². The fourth-order valence-electron chi connectivity index (χ4n) is 3.41. The zero-order valence-corrected chi connectivity index (χ0v) is 20.1. The number of hydrogen-bond donors (Lipinski definition) is 3. The summed E-state index contributed by atoms with van der Waals surface area (Å²) in [5.74, 6) is 1.62. The average molecular weight is 405 g/mol. The zero-order valence-electron chi connectivity index (χ0n) is 17.0. The second-order valence-corrected chi connectivity index (χ2v) is 6.88. The third kappa shape index (κ3) is 7.55. The molecular weight excluding hydrogens is 375 g/mol. The normalized spacial score (nSPS) is 14.0. The van der Waals surface area contributed by atoms with E-state index in [2.05, 4.69) is 61.5 Å². The summed E-state index contributed by atoms with van der Waals surface area (Å²) < 4.78 is 0. The van der Waals surface area contributed by atoms with E-state index >= 15 is 0 Å². The summed E-state index contributed by atoms with van der Waals surface area (Å²) in [5.41, 5.74) is 8.82. The molecule has 0 bridgehead atoms. The van der Waals surface area contributed by atoms with Gasteiger partial charge in [0.2, 0.25) is 0 Å². The number of rotatable bonds is 6. The largest absolute Gasteiger partial charge is 1.00 e. The van der Waals surface area contributed by atoms with Crippen molar-refractivity contribution in [2.75, 3.05) is 13.6 Å². The molecule has 0 amide bonds. The first-order valence-corrected chi connectivity index (χ1v) is 9.74. The first-order chi connectivity index (χ1) is 13.4. The van der Waals surface area contributed by atoms with Gasteiger partial charge in [-0.1, -0.05) is 62.5 Å². The molecule has 1 fully saturated rings. The summed E-state index contributed by atoms with van der Waals surface area (Å²) in [4.78, 5) is 11.0. The number of benzene rings is 1. The molecule has 1 saturated carbocycles. The van der Waals surface area contributed by atoms with Crippen LogP contribution in [0.5, 0.6) is 0 Å². The van der Waals surface area contributed by atoms with Gasteiger partial charge in [0.1, 0.15) is 5.65 Å². The standard InChI is InChI=1S/C14H22N2.C7H7N4.K/c1-3-7-13(8-4-1)11-15-16-12-14-9-5-2-6-10-14;1-8-6-5-2-3-9-7(5)11-4-10-6;/h1,3-4,7-8,14-16H,2,5-6,9-12H2;2-4H,1H3,(H-,8,9,10,11);/q;-1;+1. The van der Waals surface area contributed by atoms with Crippen LogP contribution in [-0.4, -0.2) is 28.5 Å². The first-order valence-electron chi connectivity index (χ1n) is 9.74. The predicted octanol–water partition coefficient (Wildman–Crippen LogP) is 1.46. The van der Waals surface area contributed by atoms with Crippen LogP contribution in [-0.2, 0) is 6.54 Å². The van der Waals surface area contributed by atoms with E-state index in [9.17, 15) is 0 Å². The van der Waals surface area contributed by atoms with Gasteiger partial charge in [0.25, 0.3) is 0 Å². The molecule has 3 aromatic rings. The van der Waals surface area contributed by atoms with Crippen LogP contribution < -0.4 is 62.2 Å². The minimum Gasteiger partial charge on any atom is -0.468 e. The van der Waals surface area contributed by atoms with Crippen molar-refractivity contribution in [3.63, 3.8) is 0 Å². The van der Waals surface area contributed by atoms with Gasteiger partial charge in [-0.2, -0.15) is 0 Å². The number of aromatic nitrogens is 3. The van der Waals surface area contributed by atoms with E-state index in [-0.39, 0.29) is 51.4 Å². The monoisotopic (exact) mass is 404 g/mol. The van der Waals surface area contributed by atoms with Crippen LogP contribution in [0.2, 0.25) is 0 Å². The number of aromatic amines is 1. The molecule has 6 nitrogen and oxygen atoms in total. The molecule has 4 rings (SSSR count). The Hall–Kier alpha value is -0.804. The molecule has 1 aliphatic carbocycles. The van der Waals surface area contributed by atoms with Gasteiger partial charge in [-0.05, 0) is 30.4 Å². The molecule has 1 aliphatic rings. The van der Waals surface area contributed by atoms with Crippen molar-refractivity contribution in [1.82, 2.24) is 25.8 Å². The van der Waals surface area contributed by atoms with E-state index in [0.717, 1.165) is 35.9 Å². The Morgan fingerprint density at radius 3 is 2.57 bits per heavy atom. The quantitative estimate of drug-likeness (QED) is 0.330. The Balaban J connectivity index is 0.000000205. The molecule has 3 N–H and O–H groups in total. The van der Waals surface area contributed by atoms with Gasteiger partial charge in [0, 0.05) is 31.0 Å². The van der Waals surface area contributed by atoms with Crippen LogP contribution in [0, 0.1) is 5.92 Å². The summed E-state index contributed by atoms with van der Waals surface area (Å²) in [6.45, 7) is 2.03. The van der Waals surface area contributed by atoms with Crippen molar-refractivity contribution in [2.24, 2.45) is 5.92 Å². The van der Waals surface area contributed by atoms with Crippen LogP contribution in [0.25, 0.3) is 16.4 Å². The molecule has 7 heteroatoms. The van der Waals surface area contributed by atoms with Crippen LogP contribution in [0.3, 0.4) is 0 Å². The number of H-pyrrole nitrogens is 1. The van der Waals surface area contributed by atoms with Gasteiger partial charge in [-0.3, -0.25) is 10.9 Å². The van der Waals surface area contributed by atoms with Crippen LogP contribution in [0.1, 0.15) is 37.7 Å². The summed E-state index contributed by atoms with van der Waals surface area (Å²) in [7, 11) is 1.72. The first kappa shape index (κ1) is 23.5. The van der Waals surface area contributed by atoms with Crippen LogP contribution in [0.4, 0.5) is 5.82 Å². The fraction of sp³-hybridized carbons (Fsp3) is 0.429. The molecule has 2 heterocycles. The van der Waals surface area contributed by atoms with Gasteiger partial charge in [0.05, 0.1) is 0 Å². The smallest absolute Gasteiger partial charge is 0.468 e. The fourth-order valence-corrected chi connectivity index (χ4v) is 3.41. The van der Waals surface area contributed by atoms with Crippen molar-refractivity contribution in [2.45, 2.75) is 38.6 Å². The second kappa shape index (κ2) is 13.4. The Morgan fingerprint density at radius 1 is 1.04 bits per heavy atom. The molecule has 2 aromatic heterocycles. The molecule has 0 radical (unpaired) electrons. The summed E-state index contributed by atoms with van der Waals surface area (Å²) in [6, 6.07) is 12.4. The maximum absolute atomic E-state index is 4.02. The molecule has 144 valence electrons. The number of nitrogens with zero attached hydrogens (tertiary/aromatic N) is 3. The van der Waals surface area contributed by atoms with E-state index in [0.29, 0.717) is 0 Å². The van der Waals surface area contributed by atoms with Crippen LogP contribution in [0.15, 0.2) is 48.9 Å². The average Bonchev–Trinajstić information content (AvgIpc) is 3.22. The van der Waals surface area contributed by atoms with Crippen molar-refractivity contribution < 1.29 is 51.4 Å². The summed E-state index contributed by atoms with van der Waals surface area (Å²) in [6.07, 6.45) is 10.4. The number of fused-ring (bicyclic) bond motifs is 1. The molecule has 1 aromatic carbocycles. The van der Waals surface area contributed by atoms with Gasteiger partial charge in [-0.15, -0.1) is 0 Å². The van der Waals surface area contributed by atoms with Gasteiger partial charge in [0.15, 0.2) is 0 Å². The molecule has 0 atom stereocenters. The third-order valence-electron chi connectivity index (χ3n) is 4.92. The molecule has 0 aliphatic heterocycles. The van der Waals surface area contributed by atoms with E-state index in [1.807, 2.05) is 12.3 Å². The molecular formula is C21H29KN6. The number of hydrogen-bond acceptors (Lipinski definition) is 4. The predicted molar refractivity (Wildman–Crippen MR) is 111 cm³/mol. The zero-order chi connectivity index (χ0) is 18.7. The molecule has 0 saturated heterocycles. The summed E-state index contributed by atoms with van der Waals surface area (Å²) in [5, 5.41) is 4.97. The van der Waals surface area contributed by atoms with E-state index in [1.165, 1.54) is 44.0 Å². The Labute approximate surface area is 210 Å². The minimum atomic E-state index is 0. The van der Waals surface area contributed by atoms with E-state index in [4.69, 9.17) is 0 Å². The number of nitrogens with one attached hydrogen (secondary N) is 3. The van der Waals surface area contributed by atoms with E-state index in [1.54, 1.807) is 7.05 Å². The maximum atomic E-state index is 4.02. The Kier molecular flexibility index (Phi) is 11.3. The van der Waals surface area contributed by atoms with Gasteiger partial charge in [-0.25, -0.2) is 4.98 Å². The molecule has 0 spiro atoms. The van der Waals surface area contributed by atoms with Crippen LogP contribution >= 0.6 is 0 Å². The number of hydrazine groups is 1.